The SMILES string of the molecule is C=CN1C(=O)N(C=C)C(C)(CC(C)C)C1=O. The first kappa shape index (κ1) is 12.5. The van der Waals surface area contributed by atoms with Crippen LogP contribution in [0.4, 0.5) is 4.79 Å². The lowest BCUT2D eigenvalue weighted by Crippen LogP contribution is -2.45. The smallest absolute Gasteiger partial charge is 0.286 e. The molecule has 1 unspecified atom stereocenters. The Morgan fingerprint density at radius 3 is 2.25 bits per heavy atom. The second-order valence-electron chi connectivity index (χ2n) is 4.56. The molecular formula is C12H18N2O2. The lowest BCUT2D eigenvalue weighted by molar-refractivity contribution is -0.131. The first-order chi connectivity index (χ1) is 7.38. The van der Waals surface area contributed by atoms with Gasteiger partial charge in [-0.05, 0) is 19.3 Å². The van der Waals surface area contributed by atoms with Gasteiger partial charge in [-0.25, -0.2) is 9.69 Å². The Bertz CT molecular complexity index is 349. The molecule has 0 aromatic carbocycles. The van der Waals surface area contributed by atoms with Crippen molar-refractivity contribution in [3.05, 3.63) is 25.6 Å². The molecule has 0 N–H and O–H groups in total. The standard InChI is InChI=1S/C12H18N2O2/c1-6-13-10(15)12(5,8-9(3)4)14(7-2)11(13)16/h6-7,9H,1-2,8H2,3-5H3. The van der Waals surface area contributed by atoms with Gasteiger partial charge in [-0.15, -0.1) is 0 Å². The van der Waals surface area contributed by atoms with Crippen molar-refractivity contribution in [2.24, 2.45) is 5.92 Å². The molecule has 1 heterocycles. The van der Waals surface area contributed by atoms with Crippen LogP contribution in [-0.4, -0.2) is 27.3 Å². The van der Waals surface area contributed by atoms with E-state index in [1.807, 2.05) is 13.8 Å². The fraction of sp³-hybridized carbons (Fsp3) is 0.500. The van der Waals surface area contributed by atoms with E-state index in [2.05, 4.69) is 13.2 Å². The van der Waals surface area contributed by atoms with Crippen molar-refractivity contribution < 1.29 is 9.59 Å². The first-order valence-corrected chi connectivity index (χ1v) is 5.30. The van der Waals surface area contributed by atoms with Crippen molar-refractivity contribution >= 4 is 11.9 Å². The molecule has 0 bridgehead atoms. The molecule has 0 radical (unpaired) electrons. The molecule has 0 aliphatic carbocycles. The van der Waals surface area contributed by atoms with Crippen molar-refractivity contribution in [2.45, 2.75) is 32.7 Å². The molecule has 1 rings (SSSR count). The monoisotopic (exact) mass is 222 g/mol. The van der Waals surface area contributed by atoms with E-state index in [0.717, 1.165) is 4.90 Å². The number of hydrogen-bond acceptors (Lipinski definition) is 2. The van der Waals surface area contributed by atoms with Crippen LogP contribution in [0.5, 0.6) is 0 Å². The average molecular weight is 222 g/mol. The fourth-order valence-electron chi connectivity index (χ4n) is 2.20. The van der Waals surface area contributed by atoms with Crippen LogP contribution >= 0.6 is 0 Å². The number of nitrogens with zero attached hydrogens (tertiary/aromatic N) is 2. The Balaban J connectivity index is 3.16. The van der Waals surface area contributed by atoms with Crippen LogP contribution in [0.1, 0.15) is 27.2 Å². The molecule has 16 heavy (non-hydrogen) atoms. The summed E-state index contributed by atoms with van der Waals surface area (Å²) in [6, 6.07) is -0.377. The third-order valence-electron chi connectivity index (χ3n) is 2.79. The maximum Gasteiger partial charge on any atom is 0.335 e. The third-order valence-corrected chi connectivity index (χ3v) is 2.79. The van der Waals surface area contributed by atoms with Crippen LogP contribution in [0, 0.1) is 5.92 Å². The van der Waals surface area contributed by atoms with E-state index >= 15 is 0 Å². The summed E-state index contributed by atoms with van der Waals surface area (Å²) in [6.07, 6.45) is 3.27. The zero-order valence-electron chi connectivity index (χ0n) is 10.1. The molecule has 1 saturated heterocycles. The highest BCUT2D eigenvalue weighted by molar-refractivity contribution is 6.08. The molecule has 3 amide bonds. The van der Waals surface area contributed by atoms with E-state index in [4.69, 9.17) is 0 Å². The van der Waals surface area contributed by atoms with E-state index in [-0.39, 0.29) is 11.9 Å². The lowest BCUT2D eigenvalue weighted by Gasteiger charge is -2.30. The second kappa shape index (κ2) is 4.12. The number of imide groups is 1. The molecule has 0 saturated carbocycles. The predicted octanol–water partition coefficient (Wildman–Crippen LogP) is 2.34. The molecule has 1 aliphatic heterocycles. The molecule has 0 aromatic heterocycles. The van der Waals surface area contributed by atoms with E-state index < -0.39 is 5.54 Å². The van der Waals surface area contributed by atoms with Gasteiger partial charge in [0.1, 0.15) is 5.54 Å². The summed E-state index contributed by atoms with van der Waals surface area (Å²) in [4.78, 5) is 26.4. The number of urea groups is 1. The van der Waals surface area contributed by atoms with Gasteiger partial charge in [0.2, 0.25) is 0 Å². The molecule has 0 aromatic rings. The van der Waals surface area contributed by atoms with Gasteiger partial charge in [0.25, 0.3) is 5.91 Å². The van der Waals surface area contributed by atoms with Crippen LogP contribution in [0.2, 0.25) is 0 Å². The molecule has 4 heteroatoms. The Kier molecular flexibility index (Phi) is 3.21. The minimum absolute atomic E-state index is 0.235. The minimum Gasteiger partial charge on any atom is -0.286 e. The highest BCUT2D eigenvalue weighted by Gasteiger charge is 2.52. The highest BCUT2D eigenvalue weighted by atomic mass is 16.2. The van der Waals surface area contributed by atoms with Crippen molar-refractivity contribution in [3.63, 3.8) is 0 Å². The maximum atomic E-state index is 12.1. The van der Waals surface area contributed by atoms with Gasteiger partial charge in [-0.1, -0.05) is 27.0 Å². The van der Waals surface area contributed by atoms with E-state index in [0.29, 0.717) is 12.3 Å². The summed E-state index contributed by atoms with van der Waals surface area (Å²) in [5.74, 6) is 0.0788. The minimum atomic E-state index is -0.832. The van der Waals surface area contributed by atoms with Gasteiger partial charge < -0.3 is 0 Å². The summed E-state index contributed by atoms with van der Waals surface area (Å²) < 4.78 is 0. The summed E-state index contributed by atoms with van der Waals surface area (Å²) in [6.45, 7) is 12.9. The number of carbonyl (C=O) groups is 2. The third kappa shape index (κ3) is 1.64. The van der Waals surface area contributed by atoms with Crippen LogP contribution in [0.15, 0.2) is 25.6 Å². The van der Waals surface area contributed by atoms with E-state index in [9.17, 15) is 9.59 Å². The predicted molar refractivity (Wildman–Crippen MR) is 62.3 cm³/mol. The zero-order valence-corrected chi connectivity index (χ0v) is 10.1. The van der Waals surface area contributed by atoms with Gasteiger partial charge in [-0.2, -0.15) is 0 Å². The summed E-state index contributed by atoms with van der Waals surface area (Å²) >= 11 is 0. The van der Waals surface area contributed by atoms with Crippen molar-refractivity contribution in [3.8, 4) is 0 Å². The number of rotatable bonds is 4. The molecule has 0 spiro atoms. The van der Waals surface area contributed by atoms with Crippen LogP contribution < -0.4 is 0 Å². The quantitative estimate of drug-likeness (QED) is 0.685. The van der Waals surface area contributed by atoms with Gasteiger partial charge >= 0.3 is 6.03 Å². The number of carbonyl (C=O) groups excluding carboxylic acids is 2. The molecule has 1 fully saturated rings. The van der Waals surface area contributed by atoms with Crippen molar-refractivity contribution in [2.75, 3.05) is 0 Å². The number of hydrogen-bond donors (Lipinski definition) is 0. The normalized spacial score (nSPS) is 25.5. The summed E-state index contributed by atoms with van der Waals surface area (Å²) in [5, 5.41) is 0. The maximum absolute atomic E-state index is 12.1. The Labute approximate surface area is 96.2 Å². The topological polar surface area (TPSA) is 40.6 Å². The summed E-state index contributed by atoms with van der Waals surface area (Å²) in [5.41, 5.74) is -0.832. The lowest BCUT2D eigenvalue weighted by atomic mass is 9.89. The van der Waals surface area contributed by atoms with Crippen LogP contribution in [-0.2, 0) is 4.79 Å². The molecule has 1 aliphatic rings. The van der Waals surface area contributed by atoms with Gasteiger partial charge in [0.05, 0.1) is 0 Å². The molecule has 4 nitrogen and oxygen atoms in total. The second-order valence-corrected chi connectivity index (χ2v) is 4.56. The van der Waals surface area contributed by atoms with E-state index in [1.54, 1.807) is 6.92 Å². The van der Waals surface area contributed by atoms with Gasteiger partial charge in [0, 0.05) is 12.4 Å². The van der Waals surface area contributed by atoms with E-state index in [1.165, 1.54) is 17.3 Å². The zero-order chi connectivity index (χ0) is 12.5. The Morgan fingerprint density at radius 2 is 1.88 bits per heavy atom. The van der Waals surface area contributed by atoms with Gasteiger partial charge in [-0.3, -0.25) is 9.69 Å². The highest BCUT2D eigenvalue weighted by Crippen LogP contribution is 2.33. The molecular weight excluding hydrogens is 204 g/mol. The fourth-order valence-corrected chi connectivity index (χ4v) is 2.20. The van der Waals surface area contributed by atoms with Crippen LogP contribution in [0.3, 0.4) is 0 Å². The van der Waals surface area contributed by atoms with Crippen molar-refractivity contribution in [1.29, 1.82) is 0 Å². The van der Waals surface area contributed by atoms with Gasteiger partial charge in [0.15, 0.2) is 0 Å². The molecule has 1 atom stereocenters. The number of amides is 3. The summed E-state index contributed by atoms with van der Waals surface area (Å²) in [7, 11) is 0. The van der Waals surface area contributed by atoms with Crippen molar-refractivity contribution in [1.82, 2.24) is 9.80 Å². The molecule has 88 valence electrons. The largest absolute Gasteiger partial charge is 0.335 e. The Hall–Kier alpha value is -1.58. The average Bonchev–Trinajstić information content (AvgIpc) is 2.34. The first-order valence-electron chi connectivity index (χ1n) is 5.30. The van der Waals surface area contributed by atoms with Crippen LogP contribution in [0.25, 0.3) is 0 Å². The Morgan fingerprint density at radius 1 is 1.31 bits per heavy atom.